The van der Waals surface area contributed by atoms with Crippen LogP contribution in [0.15, 0.2) is 30.3 Å². The van der Waals surface area contributed by atoms with Gasteiger partial charge in [-0.15, -0.1) is 0 Å². The maximum Gasteiger partial charge on any atom is 0.268 e. The number of amides is 1. The van der Waals surface area contributed by atoms with Crippen molar-refractivity contribution >= 4 is 40.8 Å². The normalized spacial score (nSPS) is 10.2. The van der Waals surface area contributed by atoms with E-state index in [-0.39, 0.29) is 32.8 Å². The van der Waals surface area contributed by atoms with Gasteiger partial charge in [-0.05, 0) is 24.3 Å². The molecule has 0 aromatic heterocycles. The number of halogens is 2. The topological polar surface area (TPSA) is 97.9 Å². The zero-order valence-corrected chi connectivity index (χ0v) is 15.8. The average molecular weight is 398 g/mol. The van der Waals surface area contributed by atoms with Crippen LogP contribution in [0.3, 0.4) is 0 Å². The lowest BCUT2D eigenvalue weighted by molar-refractivity contribution is 0.100. The predicted molar refractivity (Wildman–Crippen MR) is 101 cm³/mol. The van der Waals surface area contributed by atoms with E-state index in [0.29, 0.717) is 5.75 Å². The van der Waals surface area contributed by atoms with Crippen molar-refractivity contribution < 1.29 is 19.0 Å². The van der Waals surface area contributed by atoms with Crippen molar-refractivity contribution in [3.63, 3.8) is 0 Å². The summed E-state index contributed by atoms with van der Waals surface area (Å²) in [5.41, 5.74) is 5.86. The molecule has 7 nitrogen and oxygen atoms in total. The molecule has 2 rings (SSSR count). The van der Waals surface area contributed by atoms with Gasteiger partial charge in [-0.1, -0.05) is 29.3 Å². The van der Waals surface area contributed by atoms with Crippen molar-refractivity contribution in [3.8, 4) is 17.2 Å². The third-order valence-corrected chi connectivity index (χ3v) is 4.17. The van der Waals surface area contributed by atoms with Crippen LogP contribution in [-0.4, -0.2) is 33.2 Å². The summed E-state index contributed by atoms with van der Waals surface area (Å²) in [4.78, 5) is 14.0. The molecule has 0 spiro atoms. The molecular formula is C17H17Cl2N3O4. The SMILES string of the molecule is COc1ccc(N(C(=N)N)C(=O)c2c(Cl)cccc2Cl)c(OC)c1OC. The van der Waals surface area contributed by atoms with E-state index in [2.05, 4.69) is 0 Å². The molecule has 0 unspecified atom stereocenters. The molecular weight excluding hydrogens is 381 g/mol. The van der Waals surface area contributed by atoms with Gasteiger partial charge in [0, 0.05) is 0 Å². The number of carbonyl (C=O) groups excluding carboxylic acids is 1. The van der Waals surface area contributed by atoms with Crippen LogP contribution in [0, 0.1) is 5.41 Å². The van der Waals surface area contributed by atoms with E-state index in [9.17, 15) is 4.79 Å². The first-order valence-electron chi connectivity index (χ1n) is 7.28. The van der Waals surface area contributed by atoms with Gasteiger partial charge in [0.05, 0.1) is 42.6 Å². The summed E-state index contributed by atoms with van der Waals surface area (Å²) in [6.07, 6.45) is 0. The van der Waals surface area contributed by atoms with Crippen molar-refractivity contribution in [2.45, 2.75) is 0 Å². The Morgan fingerprint density at radius 2 is 1.58 bits per heavy atom. The van der Waals surface area contributed by atoms with E-state index >= 15 is 0 Å². The van der Waals surface area contributed by atoms with Crippen LogP contribution in [0.2, 0.25) is 10.0 Å². The molecule has 0 atom stereocenters. The third kappa shape index (κ3) is 3.49. The molecule has 9 heteroatoms. The molecule has 1 amide bonds. The van der Waals surface area contributed by atoms with Gasteiger partial charge in [-0.2, -0.15) is 0 Å². The van der Waals surface area contributed by atoms with Crippen LogP contribution >= 0.6 is 23.2 Å². The van der Waals surface area contributed by atoms with Gasteiger partial charge >= 0.3 is 0 Å². The Kier molecular flexibility index (Phi) is 6.18. The van der Waals surface area contributed by atoms with Gasteiger partial charge in [-0.25, -0.2) is 4.90 Å². The minimum atomic E-state index is -0.682. The Morgan fingerprint density at radius 3 is 2.04 bits per heavy atom. The second-order valence-corrected chi connectivity index (χ2v) is 5.79. The Morgan fingerprint density at radius 1 is 1.00 bits per heavy atom. The van der Waals surface area contributed by atoms with Gasteiger partial charge in [-0.3, -0.25) is 10.2 Å². The van der Waals surface area contributed by atoms with Crippen LogP contribution in [-0.2, 0) is 0 Å². The minimum Gasteiger partial charge on any atom is -0.493 e. The van der Waals surface area contributed by atoms with Gasteiger partial charge in [0.25, 0.3) is 5.91 Å². The molecule has 26 heavy (non-hydrogen) atoms. The average Bonchev–Trinajstić information content (AvgIpc) is 2.60. The van der Waals surface area contributed by atoms with E-state index in [1.54, 1.807) is 12.1 Å². The standard InChI is InChI=1S/C17H17Cl2N3O4/c1-24-12-8-7-11(14(25-2)15(12)26-3)22(17(20)21)16(23)13-9(18)5-4-6-10(13)19/h4-8H,1-3H3,(H3,20,21). The van der Waals surface area contributed by atoms with Crippen molar-refractivity contribution in [2.75, 3.05) is 26.2 Å². The first-order chi connectivity index (χ1) is 12.4. The number of hydrogen-bond acceptors (Lipinski definition) is 5. The third-order valence-electron chi connectivity index (χ3n) is 3.54. The molecule has 3 N–H and O–H groups in total. The Bertz CT molecular complexity index is 838. The van der Waals surface area contributed by atoms with Gasteiger partial charge in [0.15, 0.2) is 17.5 Å². The van der Waals surface area contributed by atoms with Crippen LogP contribution in [0.5, 0.6) is 17.2 Å². The predicted octanol–water partition coefficient (Wildman–Crippen LogP) is 3.56. The maximum atomic E-state index is 13.1. The number of nitrogens with zero attached hydrogens (tertiary/aromatic N) is 1. The molecule has 0 bridgehead atoms. The summed E-state index contributed by atoms with van der Waals surface area (Å²) >= 11 is 12.2. The quantitative estimate of drug-likeness (QED) is 0.593. The Hall–Kier alpha value is -2.64. The summed E-state index contributed by atoms with van der Waals surface area (Å²) in [5.74, 6) is -0.426. The molecule has 0 saturated heterocycles. The molecule has 0 aliphatic carbocycles. The number of guanidine groups is 1. The monoisotopic (exact) mass is 397 g/mol. The van der Waals surface area contributed by atoms with Gasteiger partial charge in [0.1, 0.15) is 0 Å². The van der Waals surface area contributed by atoms with Gasteiger partial charge in [0.2, 0.25) is 5.75 Å². The van der Waals surface area contributed by atoms with Crippen molar-refractivity contribution in [3.05, 3.63) is 45.9 Å². The first-order valence-corrected chi connectivity index (χ1v) is 8.04. The van der Waals surface area contributed by atoms with Gasteiger partial charge < -0.3 is 19.9 Å². The molecule has 0 heterocycles. The van der Waals surface area contributed by atoms with Crippen LogP contribution in [0.1, 0.15) is 10.4 Å². The molecule has 0 aliphatic heterocycles. The Labute approximate surface area is 160 Å². The highest BCUT2D eigenvalue weighted by molar-refractivity contribution is 6.41. The summed E-state index contributed by atoms with van der Waals surface area (Å²) < 4.78 is 15.9. The lowest BCUT2D eigenvalue weighted by Crippen LogP contribution is -2.42. The number of rotatable bonds is 5. The molecule has 0 saturated carbocycles. The lowest BCUT2D eigenvalue weighted by Gasteiger charge is -2.25. The number of nitrogens with two attached hydrogens (primary N) is 1. The summed E-state index contributed by atoms with van der Waals surface area (Å²) in [7, 11) is 4.29. The number of benzene rings is 2. The lowest BCUT2D eigenvalue weighted by atomic mass is 10.1. The van der Waals surface area contributed by atoms with Crippen molar-refractivity contribution in [1.82, 2.24) is 0 Å². The van der Waals surface area contributed by atoms with E-state index in [1.807, 2.05) is 0 Å². The van der Waals surface area contributed by atoms with Crippen molar-refractivity contribution in [2.24, 2.45) is 5.73 Å². The molecule has 2 aromatic carbocycles. The summed E-state index contributed by atoms with van der Waals surface area (Å²) in [5, 5.41) is 8.14. The molecule has 0 aliphatic rings. The molecule has 0 fully saturated rings. The number of hydrogen-bond donors (Lipinski definition) is 2. The second kappa shape index (κ2) is 8.16. The fourth-order valence-electron chi connectivity index (χ4n) is 2.42. The highest BCUT2D eigenvalue weighted by Crippen LogP contribution is 2.44. The summed E-state index contributed by atoms with van der Waals surface area (Å²) in [6.45, 7) is 0. The van der Waals surface area contributed by atoms with Crippen molar-refractivity contribution in [1.29, 1.82) is 5.41 Å². The zero-order chi connectivity index (χ0) is 19.4. The smallest absolute Gasteiger partial charge is 0.268 e. The molecule has 2 aromatic rings. The van der Waals surface area contributed by atoms with Crippen LogP contribution in [0.25, 0.3) is 0 Å². The first kappa shape index (κ1) is 19.7. The summed E-state index contributed by atoms with van der Waals surface area (Å²) in [6, 6.07) is 7.73. The van der Waals surface area contributed by atoms with E-state index in [1.165, 1.54) is 39.5 Å². The minimum absolute atomic E-state index is 0.0165. The van der Waals surface area contributed by atoms with Crippen LogP contribution in [0.4, 0.5) is 5.69 Å². The fraction of sp³-hybridized carbons (Fsp3) is 0.176. The maximum absolute atomic E-state index is 13.1. The number of ether oxygens (including phenoxy) is 3. The Balaban J connectivity index is 2.69. The highest BCUT2D eigenvalue weighted by Gasteiger charge is 2.29. The number of carbonyl (C=O) groups is 1. The van der Waals surface area contributed by atoms with E-state index < -0.39 is 11.9 Å². The number of anilines is 1. The number of nitrogens with one attached hydrogen (secondary N) is 1. The fourth-order valence-corrected chi connectivity index (χ4v) is 2.98. The molecule has 138 valence electrons. The second-order valence-electron chi connectivity index (χ2n) is 4.98. The van der Waals surface area contributed by atoms with E-state index in [0.717, 1.165) is 4.90 Å². The highest BCUT2D eigenvalue weighted by atomic mass is 35.5. The largest absolute Gasteiger partial charge is 0.493 e. The van der Waals surface area contributed by atoms with Crippen LogP contribution < -0.4 is 24.8 Å². The zero-order valence-electron chi connectivity index (χ0n) is 14.3. The van der Waals surface area contributed by atoms with E-state index in [4.69, 9.17) is 48.6 Å². The molecule has 0 radical (unpaired) electrons. The number of methoxy groups -OCH3 is 3.